The predicted octanol–water partition coefficient (Wildman–Crippen LogP) is 2.05. The first-order valence-corrected chi connectivity index (χ1v) is 5.82. The topological polar surface area (TPSA) is 67.1 Å². The molecule has 0 aliphatic rings. The highest BCUT2D eigenvalue weighted by Crippen LogP contribution is 2.19. The van der Waals surface area contributed by atoms with Gasteiger partial charge in [0.15, 0.2) is 0 Å². The molecule has 1 heterocycles. The van der Waals surface area contributed by atoms with Crippen molar-refractivity contribution in [2.45, 2.75) is 6.54 Å². The maximum atomic E-state index is 6.12. The van der Waals surface area contributed by atoms with E-state index in [1.54, 1.807) is 6.20 Å². The van der Waals surface area contributed by atoms with Crippen LogP contribution in [0.1, 0.15) is 5.56 Å². The van der Waals surface area contributed by atoms with Gasteiger partial charge in [-0.2, -0.15) is 4.98 Å². The standard InChI is InChI=1S/C12H14ClN5/c1-18(8-9-4-2-3-5-10(9)13)11-6-7-15-12(16-11)17-14/h2-7H,8,14H2,1H3,(H,15,16,17). The van der Waals surface area contributed by atoms with Crippen LogP contribution in [-0.2, 0) is 6.54 Å². The van der Waals surface area contributed by atoms with Gasteiger partial charge in [-0.05, 0) is 17.7 Å². The minimum atomic E-state index is 0.388. The number of hydrazine groups is 1. The molecule has 1 aromatic carbocycles. The summed E-state index contributed by atoms with van der Waals surface area (Å²) in [5.74, 6) is 6.44. The van der Waals surface area contributed by atoms with Crippen molar-refractivity contribution in [1.29, 1.82) is 0 Å². The lowest BCUT2D eigenvalue weighted by Gasteiger charge is -2.19. The number of rotatable bonds is 4. The summed E-state index contributed by atoms with van der Waals surface area (Å²) in [6.07, 6.45) is 1.65. The molecule has 94 valence electrons. The Bertz CT molecular complexity index is 531. The third kappa shape index (κ3) is 2.88. The van der Waals surface area contributed by atoms with Gasteiger partial charge in [-0.15, -0.1) is 0 Å². The Morgan fingerprint density at radius 1 is 1.33 bits per heavy atom. The van der Waals surface area contributed by atoms with Gasteiger partial charge in [0.2, 0.25) is 5.95 Å². The lowest BCUT2D eigenvalue weighted by molar-refractivity contribution is 0.891. The second-order valence-corrected chi connectivity index (χ2v) is 4.24. The fourth-order valence-electron chi connectivity index (χ4n) is 1.59. The molecule has 6 heteroatoms. The van der Waals surface area contributed by atoms with Crippen LogP contribution in [0.5, 0.6) is 0 Å². The molecule has 0 saturated carbocycles. The molecule has 0 aliphatic heterocycles. The molecular weight excluding hydrogens is 250 g/mol. The fourth-order valence-corrected chi connectivity index (χ4v) is 1.79. The Kier molecular flexibility index (Phi) is 3.96. The molecule has 1 aromatic heterocycles. The van der Waals surface area contributed by atoms with E-state index in [1.165, 1.54) is 0 Å². The van der Waals surface area contributed by atoms with Crippen LogP contribution < -0.4 is 16.2 Å². The van der Waals surface area contributed by atoms with Gasteiger partial charge >= 0.3 is 0 Å². The number of nitrogens with two attached hydrogens (primary N) is 1. The minimum absolute atomic E-state index is 0.388. The third-order valence-electron chi connectivity index (χ3n) is 2.53. The Labute approximate surface area is 111 Å². The summed E-state index contributed by atoms with van der Waals surface area (Å²) in [5.41, 5.74) is 3.47. The van der Waals surface area contributed by atoms with Crippen LogP contribution in [0, 0.1) is 0 Å². The van der Waals surface area contributed by atoms with E-state index < -0.39 is 0 Å². The molecule has 0 atom stereocenters. The smallest absolute Gasteiger partial charge is 0.239 e. The van der Waals surface area contributed by atoms with E-state index in [1.807, 2.05) is 42.3 Å². The quantitative estimate of drug-likeness (QED) is 0.653. The first-order chi connectivity index (χ1) is 8.70. The van der Waals surface area contributed by atoms with E-state index in [-0.39, 0.29) is 0 Å². The number of benzene rings is 1. The van der Waals surface area contributed by atoms with Gasteiger partial charge in [0.1, 0.15) is 5.82 Å². The van der Waals surface area contributed by atoms with Gasteiger partial charge in [0.25, 0.3) is 0 Å². The molecule has 0 bridgehead atoms. The van der Waals surface area contributed by atoms with E-state index in [0.717, 1.165) is 16.4 Å². The van der Waals surface area contributed by atoms with Crippen LogP contribution in [0.4, 0.5) is 11.8 Å². The van der Waals surface area contributed by atoms with Gasteiger partial charge < -0.3 is 4.90 Å². The molecule has 0 aliphatic carbocycles. The van der Waals surface area contributed by atoms with E-state index in [4.69, 9.17) is 17.4 Å². The zero-order valence-electron chi connectivity index (χ0n) is 9.97. The Balaban J connectivity index is 2.16. The third-order valence-corrected chi connectivity index (χ3v) is 2.90. The molecule has 0 spiro atoms. The largest absolute Gasteiger partial charge is 0.355 e. The second kappa shape index (κ2) is 5.66. The van der Waals surface area contributed by atoms with Gasteiger partial charge in [0, 0.05) is 24.8 Å². The predicted molar refractivity (Wildman–Crippen MR) is 73.4 cm³/mol. The summed E-state index contributed by atoms with van der Waals surface area (Å²) in [6.45, 7) is 0.667. The zero-order chi connectivity index (χ0) is 13.0. The lowest BCUT2D eigenvalue weighted by Crippen LogP contribution is -2.19. The van der Waals surface area contributed by atoms with Crippen molar-refractivity contribution in [3.63, 3.8) is 0 Å². The summed E-state index contributed by atoms with van der Waals surface area (Å²) < 4.78 is 0. The molecule has 18 heavy (non-hydrogen) atoms. The fraction of sp³-hybridized carbons (Fsp3) is 0.167. The normalized spacial score (nSPS) is 10.2. The molecule has 0 unspecified atom stereocenters. The number of nitrogens with one attached hydrogen (secondary N) is 1. The van der Waals surface area contributed by atoms with E-state index in [9.17, 15) is 0 Å². The monoisotopic (exact) mass is 263 g/mol. The van der Waals surface area contributed by atoms with Gasteiger partial charge in [-0.3, -0.25) is 5.43 Å². The van der Waals surface area contributed by atoms with E-state index in [2.05, 4.69) is 15.4 Å². The highest BCUT2D eigenvalue weighted by molar-refractivity contribution is 6.31. The SMILES string of the molecule is CN(Cc1ccccc1Cl)c1ccnc(NN)n1. The van der Waals surface area contributed by atoms with Crippen LogP contribution in [0.2, 0.25) is 5.02 Å². The average Bonchev–Trinajstić information content (AvgIpc) is 2.41. The van der Waals surface area contributed by atoms with Crippen molar-refractivity contribution in [1.82, 2.24) is 9.97 Å². The van der Waals surface area contributed by atoms with E-state index in [0.29, 0.717) is 12.5 Å². The number of anilines is 2. The maximum Gasteiger partial charge on any atom is 0.239 e. The molecule has 2 rings (SSSR count). The summed E-state index contributed by atoms with van der Waals surface area (Å²) in [6, 6.07) is 9.55. The van der Waals surface area contributed by atoms with Crippen LogP contribution in [0.15, 0.2) is 36.5 Å². The summed E-state index contributed by atoms with van der Waals surface area (Å²) in [7, 11) is 1.94. The number of aromatic nitrogens is 2. The summed E-state index contributed by atoms with van der Waals surface area (Å²) >= 11 is 6.12. The molecule has 0 amide bonds. The molecule has 2 aromatic rings. The first kappa shape index (κ1) is 12.6. The van der Waals surface area contributed by atoms with Crippen LogP contribution in [0.25, 0.3) is 0 Å². The highest BCUT2D eigenvalue weighted by Gasteiger charge is 2.07. The molecule has 0 radical (unpaired) electrons. The lowest BCUT2D eigenvalue weighted by atomic mass is 10.2. The van der Waals surface area contributed by atoms with Crippen molar-refractivity contribution < 1.29 is 0 Å². The number of hydrogen-bond acceptors (Lipinski definition) is 5. The van der Waals surface area contributed by atoms with Crippen molar-refractivity contribution >= 4 is 23.4 Å². The highest BCUT2D eigenvalue weighted by atomic mass is 35.5. The van der Waals surface area contributed by atoms with Crippen LogP contribution in [-0.4, -0.2) is 17.0 Å². The Morgan fingerprint density at radius 3 is 2.83 bits per heavy atom. The molecule has 3 N–H and O–H groups in total. The van der Waals surface area contributed by atoms with Crippen LogP contribution >= 0.6 is 11.6 Å². The van der Waals surface area contributed by atoms with Crippen LogP contribution in [0.3, 0.4) is 0 Å². The summed E-state index contributed by atoms with van der Waals surface area (Å²) in [5, 5.41) is 0.746. The van der Waals surface area contributed by atoms with Crippen molar-refractivity contribution in [3.8, 4) is 0 Å². The van der Waals surface area contributed by atoms with Crippen molar-refractivity contribution in [3.05, 3.63) is 47.1 Å². The van der Waals surface area contributed by atoms with Gasteiger partial charge in [0.05, 0.1) is 0 Å². The number of nitrogens with zero attached hydrogens (tertiary/aromatic N) is 3. The molecule has 5 nitrogen and oxygen atoms in total. The van der Waals surface area contributed by atoms with Gasteiger partial charge in [-0.1, -0.05) is 29.8 Å². The number of hydrogen-bond donors (Lipinski definition) is 2. The first-order valence-electron chi connectivity index (χ1n) is 5.45. The van der Waals surface area contributed by atoms with E-state index >= 15 is 0 Å². The molecule has 0 fully saturated rings. The Hall–Kier alpha value is -1.85. The Morgan fingerprint density at radius 2 is 2.11 bits per heavy atom. The maximum absolute atomic E-state index is 6.12. The number of halogens is 1. The van der Waals surface area contributed by atoms with Crippen molar-refractivity contribution in [2.24, 2.45) is 5.84 Å². The minimum Gasteiger partial charge on any atom is -0.355 e. The summed E-state index contributed by atoms with van der Waals surface area (Å²) in [4.78, 5) is 10.2. The number of nitrogen functional groups attached to an aromatic ring is 1. The second-order valence-electron chi connectivity index (χ2n) is 3.83. The zero-order valence-corrected chi connectivity index (χ0v) is 10.7. The average molecular weight is 264 g/mol. The molecular formula is C12H14ClN5. The van der Waals surface area contributed by atoms with Gasteiger partial charge in [-0.25, -0.2) is 10.8 Å². The van der Waals surface area contributed by atoms with Crippen molar-refractivity contribution in [2.75, 3.05) is 17.4 Å². The molecule has 0 saturated heterocycles.